The molecule has 1 atom stereocenters. The highest BCUT2D eigenvalue weighted by Gasteiger charge is 2.29. The predicted molar refractivity (Wildman–Crippen MR) is 89.8 cm³/mol. The van der Waals surface area contributed by atoms with Crippen molar-refractivity contribution in [2.75, 3.05) is 26.7 Å². The summed E-state index contributed by atoms with van der Waals surface area (Å²) in [5.41, 5.74) is 0.727. The summed E-state index contributed by atoms with van der Waals surface area (Å²) < 4.78 is 0. The number of carbonyl (C=O) groups excluding carboxylic acids is 2. The molecule has 1 N–H and O–H groups in total. The number of aromatic nitrogens is 1. The summed E-state index contributed by atoms with van der Waals surface area (Å²) in [6.07, 6.45) is 2.29. The molecule has 0 saturated carbocycles. The Labute approximate surface area is 145 Å². The maximum Gasteiger partial charge on any atom is 0.308 e. The SMILES string of the molecule is CCc1nc(CC(=O)N(C)CC(=O)N2CCCC(C(=O)O)C2)cs1. The van der Waals surface area contributed by atoms with Gasteiger partial charge < -0.3 is 14.9 Å². The Balaban J connectivity index is 1.86. The van der Waals surface area contributed by atoms with Crippen molar-refractivity contribution in [1.82, 2.24) is 14.8 Å². The van der Waals surface area contributed by atoms with Gasteiger partial charge in [0.05, 0.1) is 29.6 Å². The van der Waals surface area contributed by atoms with Crippen molar-refractivity contribution in [2.24, 2.45) is 5.92 Å². The Morgan fingerprint density at radius 3 is 2.83 bits per heavy atom. The van der Waals surface area contributed by atoms with Gasteiger partial charge >= 0.3 is 5.97 Å². The lowest BCUT2D eigenvalue weighted by atomic mass is 9.98. The van der Waals surface area contributed by atoms with Gasteiger partial charge in [-0.25, -0.2) is 4.98 Å². The summed E-state index contributed by atoms with van der Waals surface area (Å²) in [6, 6.07) is 0. The van der Waals surface area contributed by atoms with Crippen LogP contribution in [0.1, 0.15) is 30.5 Å². The van der Waals surface area contributed by atoms with Crippen molar-refractivity contribution in [3.63, 3.8) is 0 Å². The van der Waals surface area contributed by atoms with Crippen LogP contribution in [0.5, 0.6) is 0 Å². The number of piperidine rings is 1. The molecule has 2 heterocycles. The summed E-state index contributed by atoms with van der Waals surface area (Å²) in [7, 11) is 1.59. The first-order valence-electron chi connectivity index (χ1n) is 8.08. The van der Waals surface area contributed by atoms with E-state index in [1.807, 2.05) is 12.3 Å². The number of carboxylic acid groups (broad SMARTS) is 1. The summed E-state index contributed by atoms with van der Waals surface area (Å²) in [4.78, 5) is 42.9. The van der Waals surface area contributed by atoms with E-state index in [9.17, 15) is 14.4 Å². The molecule has 2 rings (SSSR count). The number of amides is 2. The van der Waals surface area contributed by atoms with Crippen LogP contribution >= 0.6 is 11.3 Å². The highest BCUT2D eigenvalue weighted by Crippen LogP contribution is 2.17. The van der Waals surface area contributed by atoms with Crippen LogP contribution in [-0.4, -0.2) is 64.4 Å². The van der Waals surface area contributed by atoms with E-state index in [1.54, 1.807) is 11.9 Å². The van der Waals surface area contributed by atoms with Crippen molar-refractivity contribution < 1.29 is 19.5 Å². The number of nitrogens with zero attached hydrogens (tertiary/aromatic N) is 3. The van der Waals surface area contributed by atoms with E-state index >= 15 is 0 Å². The monoisotopic (exact) mass is 353 g/mol. The van der Waals surface area contributed by atoms with Crippen LogP contribution in [0.3, 0.4) is 0 Å². The second-order valence-electron chi connectivity index (χ2n) is 6.03. The Bertz CT molecular complexity index is 616. The molecule has 2 amide bonds. The Morgan fingerprint density at radius 1 is 1.46 bits per heavy atom. The lowest BCUT2D eigenvalue weighted by Crippen LogP contribution is -2.47. The van der Waals surface area contributed by atoms with Gasteiger partial charge in [0.1, 0.15) is 0 Å². The topological polar surface area (TPSA) is 90.8 Å². The highest BCUT2D eigenvalue weighted by molar-refractivity contribution is 7.09. The zero-order valence-electron chi connectivity index (χ0n) is 14.0. The first-order chi connectivity index (χ1) is 11.4. The summed E-state index contributed by atoms with van der Waals surface area (Å²) in [5, 5.41) is 11.9. The largest absolute Gasteiger partial charge is 0.481 e. The van der Waals surface area contributed by atoms with E-state index in [4.69, 9.17) is 5.11 Å². The van der Waals surface area contributed by atoms with Crippen molar-refractivity contribution in [3.8, 4) is 0 Å². The van der Waals surface area contributed by atoms with Crippen LogP contribution in [0.15, 0.2) is 5.38 Å². The predicted octanol–water partition coefficient (Wildman–Crippen LogP) is 1.03. The minimum absolute atomic E-state index is 0.0318. The van der Waals surface area contributed by atoms with Gasteiger partial charge in [0, 0.05) is 25.5 Å². The average Bonchev–Trinajstić information content (AvgIpc) is 3.02. The first-order valence-corrected chi connectivity index (χ1v) is 8.96. The normalized spacial score (nSPS) is 17.6. The molecule has 24 heavy (non-hydrogen) atoms. The number of rotatable bonds is 6. The molecule has 0 spiro atoms. The first kappa shape index (κ1) is 18.4. The fraction of sp³-hybridized carbons (Fsp3) is 0.625. The van der Waals surface area contributed by atoms with E-state index < -0.39 is 11.9 Å². The number of aliphatic carboxylic acids is 1. The molecule has 1 fully saturated rings. The van der Waals surface area contributed by atoms with Crippen LogP contribution in [-0.2, 0) is 27.2 Å². The molecule has 8 heteroatoms. The lowest BCUT2D eigenvalue weighted by Gasteiger charge is -2.32. The minimum Gasteiger partial charge on any atom is -0.481 e. The summed E-state index contributed by atoms with van der Waals surface area (Å²) >= 11 is 1.53. The van der Waals surface area contributed by atoms with Crippen LogP contribution in [0.2, 0.25) is 0 Å². The smallest absolute Gasteiger partial charge is 0.308 e. The van der Waals surface area contributed by atoms with Crippen molar-refractivity contribution in [2.45, 2.75) is 32.6 Å². The molecule has 1 aromatic heterocycles. The van der Waals surface area contributed by atoms with Crippen LogP contribution < -0.4 is 0 Å². The minimum atomic E-state index is -0.868. The van der Waals surface area contributed by atoms with E-state index in [0.29, 0.717) is 19.4 Å². The van der Waals surface area contributed by atoms with Gasteiger partial charge in [-0.2, -0.15) is 0 Å². The van der Waals surface area contributed by atoms with Gasteiger partial charge in [-0.15, -0.1) is 11.3 Å². The van der Waals surface area contributed by atoms with Gasteiger partial charge in [0.2, 0.25) is 11.8 Å². The Morgan fingerprint density at radius 2 is 2.21 bits per heavy atom. The zero-order valence-corrected chi connectivity index (χ0v) is 14.8. The maximum absolute atomic E-state index is 12.3. The van der Waals surface area contributed by atoms with E-state index in [0.717, 1.165) is 17.1 Å². The number of likely N-dealkylation sites (N-methyl/N-ethyl adjacent to an activating group) is 1. The van der Waals surface area contributed by atoms with Crippen LogP contribution in [0.4, 0.5) is 0 Å². The zero-order chi connectivity index (χ0) is 17.7. The summed E-state index contributed by atoms with van der Waals surface area (Å²) in [5.74, 6) is -1.74. The molecule has 1 aromatic rings. The standard InChI is InChI=1S/C16H23N3O4S/c1-3-13-17-12(10-24-13)7-14(20)18(2)9-15(21)19-6-4-5-11(8-19)16(22)23/h10-11H,3-9H2,1-2H3,(H,22,23). The molecule has 0 aliphatic carbocycles. The van der Waals surface area contributed by atoms with Crippen molar-refractivity contribution in [1.29, 1.82) is 0 Å². The van der Waals surface area contributed by atoms with Crippen LogP contribution in [0.25, 0.3) is 0 Å². The molecule has 1 aliphatic heterocycles. The second-order valence-corrected chi connectivity index (χ2v) is 6.97. The number of thiazole rings is 1. The molecule has 132 valence electrons. The third-order valence-corrected chi connectivity index (χ3v) is 5.20. The van der Waals surface area contributed by atoms with Crippen molar-refractivity contribution in [3.05, 3.63) is 16.1 Å². The third-order valence-electron chi connectivity index (χ3n) is 4.16. The van der Waals surface area contributed by atoms with Gasteiger partial charge in [0.15, 0.2) is 0 Å². The van der Waals surface area contributed by atoms with Crippen molar-refractivity contribution >= 4 is 29.1 Å². The van der Waals surface area contributed by atoms with Gasteiger partial charge in [0.25, 0.3) is 0 Å². The molecule has 0 radical (unpaired) electrons. The number of carbonyl (C=O) groups is 3. The van der Waals surface area contributed by atoms with E-state index in [2.05, 4.69) is 4.98 Å². The quantitative estimate of drug-likeness (QED) is 0.825. The van der Waals surface area contributed by atoms with Gasteiger partial charge in [-0.1, -0.05) is 6.92 Å². The lowest BCUT2D eigenvalue weighted by molar-refractivity contribution is -0.147. The molecule has 0 aromatic carbocycles. The maximum atomic E-state index is 12.3. The second kappa shape index (κ2) is 8.23. The number of aryl methyl sites for hydroxylation is 1. The van der Waals surface area contributed by atoms with Crippen LogP contribution in [0, 0.1) is 5.92 Å². The summed E-state index contributed by atoms with van der Waals surface area (Å²) in [6.45, 7) is 2.76. The number of carboxylic acids is 1. The van der Waals surface area contributed by atoms with Gasteiger partial charge in [-0.05, 0) is 19.3 Å². The van der Waals surface area contributed by atoms with E-state index in [1.165, 1.54) is 16.2 Å². The number of likely N-dealkylation sites (tertiary alicyclic amines) is 1. The molecule has 0 bridgehead atoms. The molecular weight excluding hydrogens is 330 g/mol. The fourth-order valence-electron chi connectivity index (χ4n) is 2.68. The average molecular weight is 353 g/mol. The fourth-order valence-corrected chi connectivity index (χ4v) is 3.42. The molecule has 1 aliphatic rings. The molecule has 7 nitrogen and oxygen atoms in total. The molecule has 1 saturated heterocycles. The molecule has 1 unspecified atom stereocenters. The number of hydrogen-bond acceptors (Lipinski definition) is 5. The number of hydrogen-bond donors (Lipinski definition) is 1. The highest BCUT2D eigenvalue weighted by atomic mass is 32.1. The third kappa shape index (κ3) is 4.77. The molecular formula is C16H23N3O4S. The Hall–Kier alpha value is -1.96. The van der Waals surface area contributed by atoms with E-state index in [-0.39, 0.29) is 31.3 Å². The Kier molecular flexibility index (Phi) is 6.30. The van der Waals surface area contributed by atoms with Gasteiger partial charge in [-0.3, -0.25) is 14.4 Å².